The van der Waals surface area contributed by atoms with Crippen LogP contribution < -0.4 is 10.1 Å². The Bertz CT molecular complexity index is 1530. The summed E-state index contributed by atoms with van der Waals surface area (Å²) >= 11 is 0. The highest BCUT2D eigenvalue weighted by molar-refractivity contribution is 5.91. The van der Waals surface area contributed by atoms with Gasteiger partial charge in [-0.3, -0.25) is 9.48 Å². The van der Waals surface area contributed by atoms with Crippen LogP contribution >= 0.6 is 0 Å². The number of alkyl halides is 3. The van der Waals surface area contributed by atoms with Crippen molar-refractivity contribution in [3.63, 3.8) is 0 Å². The van der Waals surface area contributed by atoms with Crippen molar-refractivity contribution in [1.29, 1.82) is 0 Å². The molecule has 1 N–H and O–H groups in total. The SMILES string of the molecule is COCCn1cc(Cc2ncc(-c3ccc(CC(=O)Nc4cc(C5(C(F)(F)F)CC5)on4)c(F)c3)cn2)c(OC)n1. The summed E-state index contributed by atoms with van der Waals surface area (Å²) < 4.78 is 71.7. The minimum atomic E-state index is -4.47. The molecule has 1 aromatic carbocycles. The van der Waals surface area contributed by atoms with Gasteiger partial charge in [0, 0.05) is 49.3 Å². The van der Waals surface area contributed by atoms with Gasteiger partial charge in [0.2, 0.25) is 11.8 Å². The van der Waals surface area contributed by atoms with Crippen molar-refractivity contribution in [2.75, 3.05) is 26.1 Å². The van der Waals surface area contributed by atoms with Crippen LogP contribution in [0.4, 0.5) is 23.4 Å². The molecule has 41 heavy (non-hydrogen) atoms. The lowest BCUT2D eigenvalue weighted by atomic mass is 10.0. The monoisotopic (exact) mass is 574 g/mol. The lowest BCUT2D eigenvalue weighted by Gasteiger charge is -2.14. The second-order valence-corrected chi connectivity index (χ2v) is 9.67. The smallest absolute Gasteiger partial charge is 0.401 e. The summed E-state index contributed by atoms with van der Waals surface area (Å²) in [4.78, 5) is 21.2. The second-order valence-electron chi connectivity index (χ2n) is 9.67. The van der Waals surface area contributed by atoms with Crippen LogP contribution in [0.2, 0.25) is 0 Å². The maximum atomic E-state index is 14.9. The van der Waals surface area contributed by atoms with Crippen LogP contribution in [0.5, 0.6) is 5.88 Å². The summed E-state index contributed by atoms with van der Waals surface area (Å²) in [5.74, 6) is -0.805. The lowest BCUT2D eigenvalue weighted by Crippen LogP contribution is -2.28. The number of carbonyl (C=O) groups excluding carboxylic acids is 1. The molecule has 1 amide bonds. The van der Waals surface area contributed by atoms with E-state index in [4.69, 9.17) is 14.0 Å². The molecule has 1 aliphatic rings. The fourth-order valence-electron chi connectivity index (χ4n) is 4.39. The van der Waals surface area contributed by atoms with E-state index in [0.717, 1.165) is 11.6 Å². The Morgan fingerprint density at radius 3 is 2.51 bits per heavy atom. The molecule has 0 bridgehead atoms. The summed E-state index contributed by atoms with van der Waals surface area (Å²) in [6.45, 7) is 1.07. The van der Waals surface area contributed by atoms with E-state index in [1.165, 1.54) is 19.2 Å². The zero-order chi connectivity index (χ0) is 29.2. The van der Waals surface area contributed by atoms with Gasteiger partial charge in [-0.25, -0.2) is 14.4 Å². The summed E-state index contributed by atoms with van der Waals surface area (Å²) in [5, 5.41) is 10.2. The summed E-state index contributed by atoms with van der Waals surface area (Å²) in [6.07, 6.45) is 0.346. The van der Waals surface area contributed by atoms with Gasteiger partial charge < -0.3 is 19.3 Å². The number of methoxy groups -OCH3 is 2. The van der Waals surface area contributed by atoms with Crippen LogP contribution in [0.1, 0.15) is 35.6 Å². The quantitative estimate of drug-likeness (QED) is 0.261. The molecule has 3 heterocycles. The number of anilines is 1. The first-order valence-electron chi connectivity index (χ1n) is 12.6. The first-order valence-corrected chi connectivity index (χ1v) is 12.6. The standard InChI is InChI=1S/C27H26F4N6O4/c1-39-8-7-37-15-18(25(35-37)40-2)10-22-32-13-19(14-33-22)16-3-4-17(20(28)9-16)11-24(38)34-23-12-21(41-36-23)26(5-6-26)27(29,30)31/h3-4,9,12-15H,5-8,10-11H2,1-2H3,(H,34,36,38). The molecule has 3 aromatic heterocycles. The largest absolute Gasteiger partial charge is 0.480 e. The van der Waals surface area contributed by atoms with Gasteiger partial charge in [-0.15, -0.1) is 5.10 Å². The molecule has 0 saturated heterocycles. The van der Waals surface area contributed by atoms with E-state index in [2.05, 4.69) is 25.5 Å². The van der Waals surface area contributed by atoms with Gasteiger partial charge in [-0.05, 0) is 30.0 Å². The van der Waals surface area contributed by atoms with Gasteiger partial charge >= 0.3 is 6.18 Å². The molecule has 4 aromatic rings. The van der Waals surface area contributed by atoms with Gasteiger partial charge in [0.25, 0.3) is 0 Å². The maximum Gasteiger partial charge on any atom is 0.401 e. The predicted octanol–water partition coefficient (Wildman–Crippen LogP) is 4.49. The number of carbonyl (C=O) groups is 1. The molecule has 1 aliphatic carbocycles. The average Bonchev–Trinajstić information content (AvgIpc) is 3.50. The first kappa shape index (κ1) is 28.2. The van der Waals surface area contributed by atoms with Crippen molar-refractivity contribution in [3.8, 4) is 17.0 Å². The van der Waals surface area contributed by atoms with Crippen molar-refractivity contribution in [3.05, 3.63) is 71.4 Å². The molecule has 0 atom stereocenters. The molecular formula is C27H26F4N6O4. The minimum Gasteiger partial charge on any atom is -0.480 e. The number of halogens is 4. The van der Waals surface area contributed by atoms with Crippen molar-refractivity contribution >= 4 is 11.7 Å². The van der Waals surface area contributed by atoms with E-state index in [1.807, 2.05) is 6.20 Å². The number of nitrogens with one attached hydrogen (secondary N) is 1. The highest BCUT2D eigenvalue weighted by Gasteiger charge is 2.66. The van der Waals surface area contributed by atoms with E-state index >= 15 is 0 Å². The molecule has 14 heteroatoms. The average molecular weight is 575 g/mol. The van der Waals surface area contributed by atoms with Gasteiger partial charge in [0.05, 0.1) is 26.7 Å². The Hall–Kier alpha value is -4.33. The molecule has 0 aliphatic heterocycles. The predicted molar refractivity (Wildman–Crippen MR) is 137 cm³/mol. The summed E-state index contributed by atoms with van der Waals surface area (Å²) in [5.41, 5.74) is -0.0720. The van der Waals surface area contributed by atoms with Gasteiger partial charge in [0.1, 0.15) is 17.1 Å². The van der Waals surface area contributed by atoms with E-state index < -0.39 is 23.3 Å². The van der Waals surface area contributed by atoms with Crippen LogP contribution in [0.25, 0.3) is 11.1 Å². The molecular weight excluding hydrogens is 548 g/mol. The van der Waals surface area contributed by atoms with Crippen LogP contribution in [-0.2, 0) is 34.3 Å². The molecule has 1 fully saturated rings. The second kappa shape index (κ2) is 11.3. The Kier molecular flexibility index (Phi) is 7.76. The minimum absolute atomic E-state index is 0.0963. The molecule has 0 unspecified atom stereocenters. The highest BCUT2D eigenvalue weighted by atomic mass is 19.4. The van der Waals surface area contributed by atoms with Gasteiger partial charge in [-0.2, -0.15) is 13.2 Å². The van der Waals surface area contributed by atoms with Crippen LogP contribution in [0.15, 0.2) is 47.4 Å². The highest BCUT2D eigenvalue weighted by Crippen LogP contribution is 2.59. The van der Waals surface area contributed by atoms with E-state index in [1.54, 1.807) is 30.3 Å². The number of rotatable bonds is 11. The third kappa shape index (κ3) is 6.06. The topological polar surface area (TPSA) is 117 Å². The summed E-state index contributed by atoms with van der Waals surface area (Å²) in [6, 6.07) is 5.40. The van der Waals surface area contributed by atoms with E-state index in [9.17, 15) is 22.4 Å². The van der Waals surface area contributed by atoms with Crippen molar-refractivity contribution in [2.45, 2.75) is 43.8 Å². The van der Waals surface area contributed by atoms with E-state index in [0.29, 0.717) is 42.4 Å². The van der Waals surface area contributed by atoms with Crippen LogP contribution in [-0.4, -0.2) is 57.8 Å². The number of hydrogen-bond donors (Lipinski definition) is 1. The van der Waals surface area contributed by atoms with Crippen molar-refractivity contribution in [1.82, 2.24) is 24.9 Å². The lowest BCUT2D eigenvalue weighted by molar-refractivity contribution is -0.165. The zero-order valence-electron chi connectivity index (χ0n) is 22.2. The first-order chi connectivity index (χ1) is 19.6. The fraction of sp³-hybridized carbons (Fsp3) is 0.370. The maximum absolute atomic E-state index is 14.9. The molecule has 0 radical (unpaired) electrons. The third-order valence-electron chi connectivity index (χ3n) is 6.85. The van der Waals surface area contributed by atoms with Crippen molar-refractivity contribution < 1.29 is 36.4 Å². The normalized spacial score (nSPS) is 14.2. The number of ether oxygens (including phenoxy) is 2. The van der Waals surface area contributed by atoms with Crippen LogP contribution in [0, 0.1) is 5.82 Å². The number of aromatic nitrogens is 5. The van der Waals surface area contributed by atoms with Crippen molar-refractivity contribution in [2.24, 2.45) is 0 Å². The molecule has 1 saturated carbocycles. The molecule has 10 nitrogen and oxygen atoms in total. The Balaban J connectivity index is 1.20. The van der Waals surface area contributed by atoms with E-state index in [-0.39, 0.29) is 36.4 Å². The molecule has 0 spiro atoms. The number of benzene rings is 1. The van der Waals surface area contributed by atoms with Gasteiger partial charge in [0.15, 0.2) is 11.6 Å². The Labute approximate surface area is 231 Å². The molecule has 5 rings (SSSR count). The number of hydrogen-bond acceptors (Lipinski definition) is 8. The van der Waals surface area contributed by atoms with Gasteiger partial charge in [-0.1, -0.05) is 17.3 Å². The zero-order valence-corrected chi connectivity index (χ0v) is 22.2. The summed E-state index contributed by atoms with van der Waals surface area (Å²) in [7, 11) is 3.14. The molecule has 216 valence electrons. The Morgan fingerprint density at radius 2 is 1.88 bits per heavy atom. The van der Waals surface area contributed by atoms with Crippen LogP contribution in [0.3, 0.4) is 0 Å². The Morgan fingerprint density at radius 1 is 1.12 bits per heavy atom. The number of amides is 1. The fourth-order valence-corrected chi connectivity index (χ4v) is 4.39. The third-order valence-corrected chi connectivity index (χ3v) is 6.85. The number of nitrogens with zero attached hydrogens (tertiary/aromatic N) is 5.